The Labute approximate surface area is 188 Å². The van der Waals surface area contributed by atoms with Crippen molar-refractivity contribution in [3.63, 3.8) is 0 Å². The number of morpholine rings is 1. The minimum Gasteiger partial charge on any atom is -0.378 e. The molecule has 1 amide bonds. The van der Waals surface area contributed by atoms with Crippen LogP contribution in [-0.4, -0.2) is 72.7 Å². The number of benzene rings is 1. The molecule has 2 aliphatic heterocycles. The highest BCUT2D eigenvalue weighted by Gasteiger charge is 2.25. The molecule has 160 valence electrons. The molecule has 4 rings (SSSR count). The molecule has 2 saturated heterocycles. The van der Waals surface area contributed by atoms with Crippen molar-refractivity contribution in [1.82, 2.24) is 20.1 Å². The molecule has 6 nitrogen and oxygen atoms in total. The molecule has 9 heteroatoms. The molecule has 2 aliphatic rings. The van der Waals surface area contributed by atoms with Gasteiger partial charge in [0.2, 0.25) is 5.91 Å². The second-order valence-corrected chi connectivity index (χ2v) is 7.96. The molecule has 0 radical (unpaired) electrons. The molecule has 0 saturated carbocycles. The van der Waals surface area contributed by atoms with Gasteiger partial charge in [-0.3, -0.25) is 9.69 Å². The van der Waals surface area contributed by atoms with Crippen LogP contribution in [0.3, 0.4) is 0 Å². The van der Waals surface area contributed by atoms with Crippen LogP contribution < -0.4 is 5.32 Å². The summed E-state index contributed by atoms with van der Waals surface area (Å²) >= 11 is 1.69. The minimum atomic E-state index is 0. The summed E-state index contributed by atoms with van der Waals surface area (Å²) in [4.78, 5) is 21.6. The Morgan fingerprint density at radius 3 is 2.62 bits per heavy atom. The largest absolute Gasteiger partial charge is 0.378 e. The molecule has 0 aliphatic carbocycles. The van der Waals surface area contributed by atoms with E-state index in [0.717, 1.165) is 56.6 Å². The Hall–Kier alpha value is -1.22. The zero-order valence-corrected chi connectivity index (χ0v) is 18.7. The number of nitrogens with zero attached hydrogens (tertiary/aromatic N) is 3. The molecule has 3 heterocycles. The molecule has 29 heavy (non-hydrogen) atoms. The van der Waals surface area contributed by atoms with Crippen molar-refractivity contribution >= 4 is 42.1 Å². The number of piperazine rings is 1. The lowest BCUT2D eigenvalue weighted by atomic mass is 10.1. The fourth-order valence-electron chi connectivity index (χ4n) is 3.57. The van der Waals surface area contributed by atoms with Gasteiger partial charge in [0.15, 0.2) is 0 Å². The summed E-state index contributed by atoms with van der Waals surface area (Å²) in [5.41, 5.74) is 2.28. The number of halogens is 2. The molecule has 1 N–H and O–H groups in total. The van der Waals surface area contributed by atoms with E-state index in [1.54, 1.807) is 11.3 Å². The number of aromatic nitrogens is 1. The highest BCUT2D eigenvalue weighted by Crippen LogP contribution is 2.24. The van der Waals surface area contributed by atoms with Crippen LogP contribution in [0.25, 0.3) is 10.6 Å². The van der Waals surface area contributed by atoms with Crippen molar-refractivity contribution < 1.29 is 9.53 Å². The normalized spacial score (nSPS) is 19.9. The zero-order chi connectivity index (χ0) is 18.5. The quantitative estimate of drug-likeness (QED) is 0.745. The molecule has 0 bridgehead atoms. The summed E-state index contributed by atoms with van der Waals surface area (Å²) in [6.07, 6.45) is 0.534. The molecule has 1 unspecified atom stereocenters. The van der Waals surface area contributed by atoms with E-state index in [4.69, 9.17) is 9.72 Å². The standard InChI is InChI=1S/C20H26N4O2S.2ClH/c25-19(12-17-14-26-11-6-21-17)24-9-7-23(8-10-24)13-18-15-27-20(22-18)16-4-2-1-3-5-16;;/h1-5,15,17,21H,6-14H2;2*1H. The van der Waals surface area contributed by atoms with Crippen molar-refractivity contribution in [2.45, 2.75) is 19.0 Å². The van der Waals surface area contributed by atoms with Crippen LogP contribution >= 0.6 is 36.2 Å². The third kappa shape index (κ3) is 6.64. The molecule has 2 fully saturated rings. The van der Waals surface area contributed by atoms with Crippen molar-refractivity contribution in [1.29, 1.82) is 0 Å². The number of ether oxygens (including phenoxy) is 1. The van der Waals surface area contributed by atoms with Gasteiger partial charge in [-0.25, -0.2) is 4.98 Å². The van der Waals surface area contributed by atoms with Gasteiger partial charge in [0, 0.05) is 62.7 Å². The van der Waals surface area contributed by atoms with Crippen LogP contribution in [0.5, 0.6) is 0 Å². The predicted octanol–water partition coefficient (Wildman–Crippen LogP) is 2.68. The second kappa shape index (κ2) is 11.8. The second-order valence-electron chi connectivity index (χ2n) is 7.10. The Morgan fingerprint density at radius 2 is 1.93 bits per heavy atom. The van der Waals surface area contributed by atoms with Crippen LogP contribution in [0.1, 0.15) is 12.1 Å². The highest BCUT2D eigenvalue weighted by molar-refractivity contribution is 7.13. The van der Waals surface area contributed by atoms with Gasteiger partial charge in [-0.05, 0) is 0 Å². The monoisotopic (exact) mass is 458 g/mol. The Bertz CT molecular complexity index is 748. The van der Waals surface area contributed by atoms with Gasteiger partial charge in [-0.2, -0.15) is 0 Å². The smallest absolute Gasteiger partial charge is 0.224 e. The van der Waals surface area contributed by atoms with Gasteiger partial charge >= 0.3 is 0 Å². The fourth-order valence-corrected chi connectivity index (χ4v) is 4.39. The third-order valence-electron chi connectivity index (χ3n) is 5.10. The lowest BCUT2D eigenvalue weighted by Gasteiger charge is -2.35. The van der Waals surface area contributed by atoms with Gasteiger partial charge in [0.1, 0.15) is 5.01 Å². The van der Waals surface area contributed by atoms with E-state index in [9.17, 15) is 4.79 Å². The number of hydrogen-bond donors (Lipinski definition) is 1. The third-order valence-corrected chi connectivity index (χ3v) is 6.04. The lowest BCUT2D eigenvalue weighted by molar-refractivity contribution is -0.134. The fraction of sp³-hybridized carbons (Fsp3) is 0.500. The maximum absolute atomic E-state index is 12.5. The minimum absolute atomic E-state index is 0. The Kier molecular flexibility index (Phi) is 9.82. The SMILES string of the molecule is Cl.Cl.O=C(CC1COCCN1)N1CCN(Cc2csc(-c3ccccc3)n2)CC1. The summed E-state index contributed by atoms with van der Waals surface area (Å²) in [5, 5.41) is 6.57. The van der Waals surface area contributed by atoms with E-state index >= 15 is 0 Å². The van der Waals surface area contributed by atoms with Crippen LogP contribution in [0.2, 0.25) is 0 Å². The van der Waals surface area contributed by atoms with Gasteiger partial charge in [0.25, 0.3) is 0 Å². The highest BCUT2D eigenvalue weighted by atomic mass is 35.5. The summed E-state index contributed by atoms with van der Waals surface area (Å²) in [7, 11) is 0. The lowest BCUT2D eigenvalue weighted by Crippen LogP contribution is -2.51. The number of nitrogens with one attached hydrogen (secondary N) is 1. The number of amides is 1. The summed E-state index contributed by atoms with van der Waals surface area (Å²) in [6.45, 7) is 6.46. The molecule has 2 aromatic rings. The van der Waals surface area contributed by atoms with Crippen LogP contribution in [0, 0.1) is 0 Å². The maximum atomic E-state index is 12.5. The first-order chi connectivity index (χ1) is 13.3. The van der Waals surface area contributed by atoms with Crippen molar-refractivity contribution in [3.8, 4) is 10.6 Å². The molecule has 0 spiro atoms. The first-order valence-corrected chi connectivity index (χ1v) is 10.5. The maximum Gasteiger partial charge on any atom is 0.224 e. The van der Waals surface area contributed by atoms with Gasteiger partial charge < -0.3 is 15.0 Å². The van der Waals surface area contributed by atoms with E-state index in [1.165, 1.54) is 5.56 Å². The Morgan fingerprint density at radius 1 is 1.17 bits per heavy atom. The van der Waals surface area contributed by atoms with E-state index in [0.29, 0.717) is 13.0 Å². The number of hydrogen-bond acceptors (Lipinski definition) is 6. The molecule has 1 atom stereocenters. The van der Waals surface area contributed by atoms with Crippen molar-refractivity contribution in [2.75, 3.05) is 45.9 Å². The first kappa shape index (κ1) is 24.1. The zero-order valence-electron chi connectivity index (χ0n) is 16.3. The molecular formula is C20H28Cl2N4O2S. The summed E-state index contributed by atoms with van der Waals surface area (Å²) < 4.78 is 5.44. The van der Waals surface area contributed by atoms with Crippen LogP contribution in [0.15, 0.2) is 35.7 Å². The topological polar surface area (TPSA) is 57.7 Å². The van der Waals surface area contributed by atoms with Gasteiger partial charge in [-0.15, -0.1) is 36.2 Å². The number of rotatable bonds is 5. The van der Waals surface area contributed by atoms with E-state index in [1.807, 2.05) is 23.1 Å². The first-order valence-electron chi connectivity index (χ1n) is 9.59. The number of carbonyl (C=O) groups is 1. The van der Waals surface area contributed by atoms with Gasteiger partial charge in [0.05, 0.1) is 18.9 Å². The average Bonchev–Trinajstić information content (AvgIpc) is 3.18. The molecule has 1 aromatic heterocycles. The van der Waals surface area contributed by atoms with Crippen molar-refractivity contribution in [3.05, 3.63) is 41.4 Å². The van der Waals surface area contributed by atoms with E-state index < -0.39 is 0 Å². The molecular weight excluding hydrogens is 431 g/mol. The average molecular weight is 459 g/mol. The summed E-state index contributed by atoms with van der Waals surface area (Å²) in [5.74, 6) is 0.234. The van der Waals surface area contributed by atoms with Crippen LogP contribution in [0.4, 0.5) is 0 Å². The number of thiazole rings is 1. The Balaban J connectivity index is 0.00000150. The predicted molar refractivity (Wildman–Crippen MR) is 121 cm³/mol. The number of carbonyl (C=O) groups excluding carboxylic acids is 1. The van der Waals surface area contributed by atoms with E-state index in [2.05, 4.69) is 27.7 Å². The summed E-state index contributed by atoms with van der Waals surface area (Å²) in [6, 6.07) is 10.5. The molecule has 1 aromatic carbocycles. The van der Waals surface area contributed by atoms with Crippen molar-refractivity contribution in [2.24, 2.45) is 0 Å². The van der Waals surface area contributed by atoms with Crippen LogP contribution in [-0.2, 0) is 16.1 Å². The van der Waals surface area contributed by atoms with E-state index in [-0.39, 0.29) is 36.8 Å². The van der Waals surface area contributed by atoms with Gasteiger partial charge in [-0.1, -0.05) is 30.3 Å².